The van der Waals surface area contributed by atoms with Crippen LogP contribution in [0, 0.1) is 0 Å². The monoisotopic (exact) mass is 1680 g/mol. The zero-order valence-electron chi connectivity index (χ0n) is 71.8. The van der Waals surface area contributed by atoms with Gasteiger partial charge in [0.2, 0.25) is 0 Å². The lowest BCUT2D eigenvalue weighted by atomic mass is 9.79. The van der Waals surface area contributed by atoms with Crippen LogP contribution < -0.4 is 16.0 Å². The third-order valence-corrected chi connectivity index (χ3v) is 28.6. The Hall–Kier alpha value is -13.5. The van der Waals surface area contributed by atoms with Gasteiger partial charge in [0.05, 0.1) is 0 Å². The highest BCUT2D eigenvalue weighted by Crippen LogP contribution is 2.54. The molecule has 15 aromatic carbocycles. The van der Waals surface area contributed by atoms with Gasteiger partial charge < -0.3 is 0 Å². The van der Waals surface area contributed by atoms with Gasteiger partial charge in [-0.25, -0.2) is 0 Å². The van der Waals surface area contributed by atoms with Crippen LogP contribution in [0.2, 0.25) is 0 Å². The molecule has 0 fully saturated rings. The summed E-state index contributed by atoms with van der Waals surface area (Å²) in [6, 6.07) is 36.2. The van der Waals surface area contributed by atoms with Crippen molar-refractivity contribution in [2.75, 3.05) is 19.6 Å². The minimum Gasteiger partial charge on any atom is -0.288 e. The number of hydrogen-bond acceptors (Lipinski definition) is 12. The Morgan fingerprint density at radius 1 is 0.189 bits per heavy atom. The Balaban J connectivity index is 0.767. The van der Waals surface area contributed by atoms with Crippen LogP contribution in [0.3, 0.4) is 0 Å². The smallest absolute Gasteiger partial charge is 0.261 e. The van der Waals surface area contributed by atoms with Crippen molar-refractivity contribution < 1.29 is 57.5 Å². The molecule has 0 spiro atoms. The number of rotatable bonds is 34. The first-order valence-corrected chi connectivity index (χ1v) is 46.3. The number of carbonyl (C=O) groups is 12. The zero-order valence-corrected chi connectivity index (χ0v) is 71.8. The third kappa shape index (κ3) is 12.7. The number of imide groups is 6. The van der Waals surface area contributed by atoms with Crippen molar-refractivity contribution in [3.8, 4) is 0 Å². The molecule has 6 heterocycles. The maximum absolute atomic E-state index is 16.0. The molecule has 12 amide bonds. The van der Waals surface area contributed by atoms with Gasteiger partial charge in [0.15, 0.2) is 0 Å². The number of carbonyl (C=O) groups excluding carboxylic acids is 12. The zero-order chi connectivity index (χ0) is 87.1. The van der Waals surface area contributed by atoms with Crippen molar-refractivity contribution in [2.24, 2.45) is 0 Å². The van der Waals surface area contributed by atoms with E-state index in [0.29, 0.717) is 210 Å². The summed E-state index contributed by atoms with van der Waals surface area (Å²) in [4.78, 5) is 183. The lowest BCUT2D eigenvalue weighted by Gasteiger charge is -2.30. The van der Waals surface area contributed by atoms with Gasteiger partial charge in [0, 0.05) is 119 Å². The topological polar surface area (TPSA) is 251 Å². The van der Waals surface area contributed by atoms with Crippen LogP contribution in [0.4, 0.5) is 0 Å². The number of amides is 12. The fourth-order valence-electron chi connectivity index (χ4n) is 22.5. The minimum atomic E-state index is -0.653. The largest absolute Gasteiger partial charge is 0.288 e. The number of benzene rings is 15. The van der Waals surface area contributed by atoms with Gasteiger partial charge in [-0.2, -0.15) is 0 Å². The fourth-order valence-corrected chi connectivity index (χ4v) is 22.5. The van der Waals surface area contributed by atoms with E-state index in [2.05, 4.69) is 36.7 Å². The molecule has 0 saturated carbocycles. The normalized spacial score (nSPS) is 15.2. The summed E-state index contributed by atoms with van der Waals surface area (Å²) >= 11 is 0. The van der Waals surface area contributed by atoms with Crippen molar-refractivity contribution in [1.29, 1.82) is 0 Å². The van der Waals surface area contributed by atoms with Crippen LogP contribution in [0.25, 0.3) is 154 Å². The Kier molecular flexibility index (Phi) is 20.4. The molecule has 15 aromatic rings. The summed E-state index contributed by atoms with van der Waals surface area (Å²) in [6.45, 7) is 7.27. The van der Waals surface area contributed by atoms with Gasteiger partial charge in [-0.15, -0.1) is 0 Å². The standard InChI is InChI=1S/C109H96N6O12/c1-4-7-10-13-16-19-22-25-28-51-113-104(122)74-47-37-63-64-36-44-72-89-78(102(120)111-100(72)118)54-58(82(94(64)89)67-41-49-75(105(113)123)91(74)87(63)67)31-34-61-57-81-93-77(107(125)115(109(81)127)53-30-27-24-21-18-15-12-9-6-3)50-42-69-84-59(55-79-90-73(101(119)112-103(79)121)46-40-68(96(84)90)85(61)97(69)93)32-33-60-56-80-92-76(106(124)114(108(80)126)52-29-26-23-20-17-14-11-8-5-2)48-38-65-62-35-43-70-88-71(99(117)110-98(70)116)45-39-66(86(62)88)83(60)95(65)92/h31-50,54-57H,4-30,51-53H2,1-3H3,(H,110,116,117)(H,111,118,120)(H,112,119,121)/b33-32+,34-31+. The molecule has 6 aliphatic rings. The van der Waals surface area contributed by atoms with Crippen LogP contribution >= 0.6 is 0 Å². The summed E-state index contributed by atoms with van der Waals surface area (Å²) in [7, 11) is 0. The second-order valence-electron chi connectivity index (χ2n) is 36.1. The van der Waals surface area contributed by atoms with Crippen LogP contribution in [0.5, 0.6) is 0 Å². The van der Waals surface area contributed by atoms with Crippen molar-refractivity contribution in [3.63, 3.8) is 0 Å². The third-order valence-electron chi connectivity index (χ3n) is 28.6. The van der Waals surface area contributed by atoms with Gasteiger partial charge in [0.25, 0.3) is 70.9 Å². The molecule has 127 heavy (non-hydrogen) atoms. The van der Waals surface area contributed by atoms with Gasteiger partial charge in [-0.3, -0.25) is 88.2 Å². The molecule has 3 N–H and O–H groups in total. The molecule has 0 unspecified atom stereocenters. The summed E-state index contributed by atoms with van der Waals surface area (Å²) in [5, 5.41) is 21.8. The summed E-state index contributed by atoms with van der Waals surface area (Å²) in [5.74, 6) is -6.06. The predicted molar refractivity (Wildman–Crippen MR) is 504 cm³/mol. The van der Waals surface area contributed by atoms with Gasteiger partial charge in [-0.1, -0.05) is 248 Å². The lowest BCUT2D eigenvalue weighted by molar-refractivity contribution is 0.0592. The van der Waals surface area contributed by atoms with Crippen molar-refractivity contribution >= 4 is 224 Å². The van der Waals surface area contributed by atoms with E-state index in [1.54, 1.807) is 60.7 Å². The highest BCUT2D eigenvalue weighted by Gasteiger charge is 2.42. The van der Waals surface area contributed by atoms with Crippen molar-refractivity contribution in [3.05, 3.63) is 210 Å². The van der Waals surface area contributed by atoms with Crippen LogP contribution in [0.15, 0.2) is 121 Å². The fraction of sp³-hybridized carbons (Fsp3) is 0.303. The number of nitrogens with one attached hydrogen (secondary N) is 3. The van der Waals surface area contributed by atoms with E-state index in [9.17, 15) is 33.6 Å². The van der Waals surface area contributed by atoms with Crippen molar-refractivity contribution in [1.82, 2.24) is 30.7 Å². The molecular formula is C109H96N6O12. The number of unbranched alkanes of at least 4 members (excludes halogenated alkanes) is 24. The molecule has 0 atom stereocenters. The molecule has 0 saturated heterocycles. The van der Waals surface area contributed by atoms with E-state index in [4.69, 9.17) is 0 Å². The van der Waals surface area contributed by atoms with Crippen molar-refractivity contribution in [2.45, 2.75) is 194 Å². The maximum Gasteiger partial charge on any atom is 0.261 e. The first kappa shape index (κ1) is 80.6. The SMILES string of the molecule is CCCCCCCCCCCN1C(=O)c2ccc3c4ccc5c6c(cc(/C=C/c7cc8c9c(ccc%10c%11c(/C=C/c%12cc%13c%14c(ccc%15c%16ccc%17c%18c(ccc(c%12c%14%15)c%18%16)C(=O)NC%17=O)C(=O)N(CCCCCCCCCCC)C%13=O)cc%12c%13c(ccc(c7c9%10)c%13%11)C(=O)NC%12=O)C(=O)N(CCCCCCCCCCC)C8=O)c(c7ccc(c2c37)C1=O)c64)C(=O)NC5=O. The number of fused-ring (bicyclic) bond motifs is 6. The van der Waals surface area contributed by atoms with E-state index in [1.165, 1.54) is 78.9 Å². The van der Waals surface area contributed by atoms with E-state index >= 15 is 24.0 Å². The van der Waals surface area contributed by atoms with E-state index in [0.717, 1.165) is 95.3 Å². The molecule has 0 aliphatic carbocycles. The summed E-state index contributed by atoms with van der Waals surface area (Å²) < 4.78 is 0. The Morgan fingerprint density at radius 3 is 0.661 bits per heavy atom. The first-order valence-electron chi connectivity index (χ1n) is 46.3. The maximum atomic E-state index is 16.0. The lowest BCUT2D eigenvalue weighted by Crippen LogP contribution is -2.41. The second-order valence-corrected chi connectivity index (χ2v) is 36.1. The quantitative estimate of drug-likeness (QED) is 0.0112. The average molecular weight is 1680 g/mol. The van der Waals surface area contributed by atoms with E-state index in [1.807, 2.05) is 85.0 Å². The van der Waals surface area contributed by atoms with Gasteiger partial charge >= 0.3 is 0 Å². The number of hydrogen-bond donors (Lipinski definition) is 3. The Bertz CT molecular complexity index is 7490. The molecule has 634 valence electrons. The summed E-state index contributed by atoms with van der Waals surface area (Å²) in [6.07, 6.45) is 35.8. The molecule has 6 aliphatic heterocycles. The van der Waals surface area contributed by atoms with Gasteiger partial charge in [0.1, 0.15) is 0 Å². The van der Waals surface area contributed by atoms with Crippen LogP contribution in [0.1, 0.15) is 341 Å². The molecule has 0 aromatic heterocycles. The molecule has 0 bridgehead atoms. The molecule has 0 radical (unpaired) electrons. The molecule has 21 rings (SSSR count). The van der Waals surface area contributed by atoms with E-state index < -0.39 is 59.1 Å². The van der Waals surface area contributed by atoms with Crippen LogP contribution in [-0.2, 0) is 0 Å². The van der Waals surface area contributed by atoms with Gasteiger partial charge in [-0.05, 0) is 211 Å². The number of nitrogens with zero attached hydrogens (tertiary/aromatic N) is 3. The molecule has 18 heteroatoms. The Labute approximate surface area is 732 Å². The second kappa shape index (κ2) is 32.2. The Morgan fingerprint density at radius 2 is 0.378 bits per heavy atom. The average Bonchev–Trinajstić information content (AvgIpc) is 0.685. The highest BCUT2D eigenvalue weighted by atomic mass is 16.2. The minimum absolute atomic E-state index is 0.168. The summed E-state index contributed by atoms with van der Waals surface area (Å²) in [5.41, 5.74) is 5.65. The highest BCUT2D eigenvalue weighted by molar-refractivity contribution is 6.47. The first-order chi connectivity index (χ1) is 62.0. The molecule has 18 nitrogen and oxygen atoms in total. The van der Waals surface area contributed by atoms with E-state index in [-0.39, 0.29) is 53.7 Å². The predicted octanol–water partition coefficient (Wildman–Crippen LogP) is 24.2. The van der Waals surface area contributed by atoms with Crippen LogP contribution in [-0.4, -0.2) is 105 Å². The molecular weight excluding hydrogens is 1590 g/mol.